The first-order valence-corrected chi connectivity index (χ1v) is 9.51. The number of halogens is 1. The van der Waals surface area contributed by atoms with Crippen LogP contribution in [0.5, 0.6) is 5.75 Å². The Morgan fingerprint density at radius 2 is 2.12 bits per heavy atom. The minimum atomic E-state index is 0.0545. The average Bonchev–Trinajstić information content (AvgIpc) is 2.67. The van der Waals surface area contributed by atoms with E-state index in [-0.39, 0.29) is 5.91 Å². The van der Waals surface area contributed by atoms with Crippen LogP contribution >= 0.6 is 11.6 Å². The van der Waals surface area contributed by atoms with Crippen molar-refractivity contribution in [3.8, 4) is 5.75 Å². The van der Waals surface area contributed by atoms with Gasteiger partial charge in [0.2, 0.25) is 5.91 Å². The van der Waals surface area contributed by atoms with Crippen molar-refractivity contribution in [2.45, 2.75) is 25.9 Å². The molecular formula is C21H25ClN2O2. The van der Waals surface area contributed by atoms with E-state index in [1.807, 2.05) is 48.5 Å². The Hall–Kier alpha value is -2.04. The number of carbonyl (C=O) groups excluding carboxylic acids is 1. The predicted octanol–water partition coefficient (Wildman–Crippen LogP) is 3.58. The molecule has 26 heavy (non-hydrogen) atoms. The second-order valence-corrected chi connectivity index (χ2v) is 7.13. The van der Waals surface area contributed by atoms with E-state index in [0.717, 1.165) is 36.5 Å². The Morgan fingerprint density at radius 1 is 1.23 bits per heavy atom. The molecule has 2 N–H and O–H groups in total. The molecule has 1 aliphatic heterocycles. The van der Waals surface area contributed by atoms with Gasteiger partial charge in [-0.1, -0.05) is 41.9 Å². The average molecular weight is 373 g/mol. The second kappa shape index (κ2) is 9.60. The summed E-state index contributed by atoms with van der Waals surface area (Å²) in [6, 6.07) is 15.3. The second-order valence-electron chi connectivity index (χ2n) is 6.72. The van der Waals surface area contributed by atoms with Crippen LogP contribution in [0.2, 0.25) is 5.02 Å². The summed E-state index contributed by atoms with van der Waals surface area (Å²) in [6.45, 7) is 3.23. The maximum atomic E-state index is 12.2. The topological polar surface area (TPSA) is 50.4 Å². The van der Waals surface area contributed by atoms with E-state index in [0.29, 0.717) is 24.0 Å². The number of hydrogen-bond acceptors (Lipinski definition) is 3. The minimum absolute atomic E-state index is 0.0545. The van der Waals surface area contributed by atoms with Crippen LogP contribution in [-0.2, 0) is 17.8 Å². The Labute approximate surface area is 159 Å². The minimum Gasteiger partial charge on any atom is -0.489 e. The molecule has 1 fully saturated rings. The fraction of sp³-hybridized carbons (Fsp3) is 0.381. The summed E-state index contributed by atoms with van der Waals surface area (Å²) in [5.74, 6) is 1.34. The van der Waals surface area contributed by atoms with Gasteiger partial charge in [-0.15, -0.1) is 0 Å². The molecule has 1 saturated heterocycles. The Kier molecular flexibility index (Phi) is 6.92. The number of benzene rings is 2. The zero-order chi connectivity index (χ0) is 18.2. The normalized spacial score (nSPS) is 16.9. The number of carbonyl (C=O) groups is 1. The van der Waals surface area contributed by atoms with Gasteiger partial charge in [0, 0.05) is 17.1 Å². The lowest BCUT2D eigenvalue weighted by atomic mass is 9.99. The summed E-state index contributed by atoms with van der Waals surface area (Å²) < 4.78 is 5.83. The lowest BCUT2D eigenvalue weighted by molar-refractivity contribution is -0.120. The largest absolute Gasteiger partial charge is 0.489 e. The highest BCUT2D eigenvalue weighted by molar-refractivity contribution is 6.31. The van der Waals surface area contributed by atoms with E-state index >= 15 is 0 Å². The van der Waals surface area contributed by atoms with E-state index in [4.69, 9.17) is 16.3 Å². The molecule has 0 radical (unpaired) electrons. The van der Waals surface area contributed by atoms with E-state index < -0.39 is 0 Å². The van der Waals surface area contributed by atoms with E-state index in [9.17, 15) is 4.79 Å². The molecule has 3 rings (SSSR count). The Morgan fingerprint density at radius 3 is 2.92 bits per heavy atom. The molecule has 0 bridgehead atoms. The standard InChI is InChI=1S/C21H25ClN2O2/c22-20-9-2-1-7-18(20)15-26-19-8-3-5-16(11-19)12-21(25)24-14-17-6-4-10-23-13-17/h1-3,5,7-9,11,17,23H,4,6,10,12-15H2,(H,24,25). The van der Waals surface area contributed by atoms with Crippen LogP contribution in [0.25, 0.3) is 0 Å². The van der Waals surface area contributed by atoms with Gasteiger partial charge in [0.1, 0.15) is 12.4 Å². The first kappa shape index (κ1) is 18.7. The maximum Gasteiger partial charge on any atom is 0.224 e. The molecule has 0 saturated carbocycles. The van der Waals surface area contributed by atoms with Gasteiger partial charge in [0.25, 0.3) is 0 Å². The number of amides is 1. The molecule has 1 atom stereocenters. The summed E-state index contributed by atoms with van der Waals surface area (Å²) >= 11 is 6.15. The highest BCUT2D eigenvalue weighted by atomic mass is 35.5. The third-order valence-electron chi connectivity index (χ3n) is 4.60. The molecule has 2 aromatic rings. The molecular weight excluding hydrogens is 348 g/mol. The zero-order valence-corrected chi connectivity index (χ0v) is 15.6. The zero-order valence-electron chi connectivity index (χ0n) is 14.8. The SMILES string of the molecule is O=C(Cc1cccc(OCc2ccccc2Cl)c1)NCC1CCCNC1. The Balaban J connectivity index is 1.48. The van der Waals surface area contributed by atoms with Crippen molar-refractivity contribution in [2.75, 3.05) is 19.6 Å². The van der Waals surface area contributed by atoms with Crippen LogP contribution < -0.4 is 15.4 Å². The number of hydrogen-bond donors (Lipinski definition) is 2. The van der Waals surface area contributed by atoms with Gasteiger partial charge in [-0.25, -0.2) is 0 Å². The summed E-state index contributed by atoms with van der Waals surface area (Å²) in [4.78, 5) is 12.2. The van der Waals surface area contributed by atoms with Crippen molar-refractivity contribution in [2.24, 2.45) is 5.92 Å². The van der Waals surface area contributed by atoms with Gasteiger partial charge >= 0.3 is 0 Å². The third kappa shape index (κ3) is 5.75. The number of ether oxygens (including phenoxy) is 1. The monoisotopic (exact) mass is 372 g/mol. The van der Waals surface area contributed by atoms with Gasteiger partial charge in [-0.2, -0.15) is 0 Å². The van der Waals surface area contributed by atoms with Crippen molar-refractivity contribution in [3.05, 3.63) is 64.7 Å². The molecule has 138 valence electrons. The Bertz CT molecular complexity index is 729. The van der Waals surface area contributed by atoms with Gasteiger partial charge in [-0.3, -0.25) is 4.79 Å². The molecule has 0 spiro atoms. The highest BCUT2D eigenvalue weighted by Gasteiger charge is 2.14. The first-order chi connectivity index (χ1) is 12.7. The molecule has 1 unspecified atom stereocenters. The smallest absolute Gasteiger partial charge is 0.224 e. The fourth-order valence-corrected chi connectivity index (χ4v) is 3.32. The highest BCUT2D eigenvalue weighted by Crippen LogP contribution is 2.19. The predicted molar refractivity (Wildman–Crippen MR) is 105 cm³/mol. The van der Waals surface area contributed by atoms with E-state index in [1.54, 1.807) is 0 Å². The van der Waals surface area contributed by atoms with Gasteiger partial charge in [0.15, 0.2) is 0 Å². The van der Waals surface area contributed by atoms with Crippen LogP contribution in [0, 0.1) is 5.92 Å². The van der Waals surface area contributed by atoms with Crippen molar-refractivity contribution in [1.82, 2.24) is 10.6 Å². The fourth-order valence-electron chi connectivity index (χ4n) is 3.13. The van der Waals surface area contributed by atoms with Crippen LogP contribution in [-0.4, -0.2) is 25.5 Å². The molecule has 1 heterocycles. The molecule has 1 aliphatic rings. The van der Waals surface area contributed by atoms with Crippen LogP contribution in [0.1, 0.15) is 24.0 Å². The molecule has 5 heteroatoms. The molecule has 2 aromatic carbocycles. The molecule has 0 aromatic heterocycles. The summed E-state index contributed by atoms with van der Waals surface area (Å²) in [7, 11) is 0. The summed E-state index contributed by atoms with van der Waals surface area (Å²) in [6.07, 6.45) is 2.73. The molecule has 1 amide bonds. The number of piperidine rings is 1. The van der Waals surface area contributed by atoms with Crippen molar-refractivity contribution < 1.29 is 9.53 Å². The maximum absolute atomic E-state index is 12.2. The van der Waals surface area contributed by atoms with Crippen molar-refractivity contribution in [3.63, 3.8) is 0 Å². The van der Waals surface area contributed by atoms with Crippen LogP contribution in [0.15, 0.2) is 48.5 Å². The third-order valence-corrected chi connectivity index (χ3v) is 4.97. The summed E-state index contributed by atoms with van der Waals surface area (Å²) in [5, 5.41) is 7.11. The number of rotatable bonds is 7. The number of nitrogens with one attached hydrogen (secondary N) is 2. The lowest BCUT2D eigenvalue weighted by Gasteiger charge is -2.22. The van der Waals surface area contributed by atoms with Crippen LogP contribution in [0.4, 0.5) is 0 Å². The van der Waals surface area contributed by atoms with Crippen LogP contribution in [0.3, 0.4) is 0 Å². The van der Waals surface area contributed by atoms with E-state index in [1.165, 1.54) is 12.8 Å². The molecule has 0 aliphatic carbocycles. The van der Waals surface area contributed by atoms with E-state index in [2.05, 4.69) is 10.6 Å². The quantitative estimate of drug-likeness (QED) is 0.781. The summed E-state index contributed by atoms with van der Waals surface area (Å²) in [5.41, 5.74) is 1.89. The van der Waals surface area contributed by atoms with Crippen molar-refractivity contribution >= 4 is 17.5 Å². The van der Waals surface area contributed by atoms with Gasteiger partial charge in [0.05, 0.1) is 6.42 Å². The lowest BCUT2D eigenvalue weighted by Crippen LogP contribution is -2.38. The first-order valence-electron chi connectivity index (χ1n) is 9.13. The van der Waals surface area contributed by atoms with Gasteiger partial charge in [-0.05, 0) is 55.6 Å². The van der Waals surface area contributed by atoms with Gasteiger partial charge < -0.3 is 15.4 Å². The van der Waals surface area contributed by atoms with Crippen molar-refractivity contribution in [1.29, 1.82) is 0 Å². The molecule has 4 nitrogen and oxygen atoms in total.